The summed E-state index contributed by atoms with van der Waals surface area (Å²) in [6.07, 6.45) is 2.07. The summed E-state index contributed by atoms with van der Waals surface area (Å²) in [4.78, 5) is 23.1. The van der Waals surface area contributed by atoms with E-state index in [2.05, 4.69) is 10.6 Å². The first-order chi connectivity index (χ1) is 8.16. The number of nitrogen functional groups attached to an aromatic ring is 1. The summed E-state index contributed by atoms with van der Waals surface area (Å²) in [6.45, 7) is -0.0103. The average molecular weight is 270 g/mol. The van der Waals surface area contributed by atoms with E-state index in [0.29, 0.717) is 17.3 Å². The van der Waals surface area contributed by atoms with Gasteiger partial charge < -0.3 is 16.4 Å². The van der Waals surface area contributed by atoms with Gasteiger partial charge in [-0.3, -0.25) is 9.59 Å². The Balaban J connectivity index is 0.00000162. The maximum Gasteiger partial charge on any atom is 0.253 e. The van der Waals surface area contributed by atoms with Gasteiger partial charge in [0.05, 0.1) is 12.1 Å². The number of hydrogen-bond acceptors (Lipinski definition) is 3. The predicted octanol–water partition coefficient (Wildman–Crippen LogP) is 0.699. The molecule has 1 saturated carbocycles. The second kappa shape index (κ2) is 6.26. The highest BCUT2D eigenvalue weighted by molar-refractivity contribution is 6.00. The van der Waals surface area contributed by atoms with Gasteiger partial charge in [0.2, 0.25) is 5.91 Å². The van der Waals surface area contributed by atoms with Crippen LogP contribution in [0.4, 0.5) is 5.69 Å². The lowest BCUT2D eigenvalue weighted by Gasteiger charge is -2.07. The van der Waals surface area contributed by atoms with Crippen LogP contribution in [0.3, 0.4) is 0 Å². The van der Waals surface area contributed by atoms with Crippen LogP contribution >= 0.6 is 12.4 Å². The normalized spacial score (nSPS) is 13.3. The molecule has 0 unspecified atom stereocenters. The number of amides is 2. The molecule has 0 radical (unpaired) electrons. The molecule has 0 saturated heterocycles. The molecule has 2 amide bonds. The van der Waals surface area contributed by atoms with Crippen molar-refractivity contribution >= 4 is 29.9 Å². The third-order valence-electron chi connectivity index (χ3n) is 2.56. The Hall–Kier alpha value is -1.75. The van der Waals surface area contributed by atoms with E-state index >= 15 is 0 Å². The number of anilines is 1. The van der Waals surface area contributed by atoms with Crippen molar-refractivity contribution in [3.63, 3.8) is 0 Å². The van der Waals surface area contributed by atoms with Crippen molar-refractivity contribution in [2.24, 2.45) is 0 Å². The van der Waals surface area contributed by atoms with Crippen LogP contribution in [0.1, 0.15) is 23.2 Å². The summed E-state index contributed by atoms with van der Waals surface area (Å²) < 4.78 is 0. The molecule has 0 atom stereocenters. The van der Waals surface area contributed by atoms with Crippen molar-refractivity contribution in [2.75, 3.05) is 12.3 Å². The Bertz CT molecular complexity index is 447. The van der Waals surface area contributed by atoms with Crippen LogP contribution in [0.15, 0.2) is 24.3 Å². The smallest absolute Gasteiger partial charge is 0.253 e. The molecule has 6 heteroatoms. The van der Waals surface area contributed by atoms with E-state index in [0.717, 1.165) is 12.8 Å². The first-order valence-electron chi connectivity index (χ1n) is 5.59. The summed E-state index contributed by atoms with van der Waals surface area (Å²) in [5, 5.41) is 5.33. The minimum Gasteiger partial charge on any atom is -0.398 e. The van der Waals surface area contributed by atoms with Crippen molar-refractivity contribution in [2.45, 2.75) is 18.9 Å². The Kier molecular flexibility index (Phi) is 4.97. The van der Waals surface area contributed by atoms with Gasteiger partial charge in [0, 0.05) is 11.7 Å². The van der Waals surface area contributed by atoms with Crippen LogP contribution < -0.4 is 16.4 Å². The van der Waals surface area contributed by atoms with Gasteiger partial charge in [-0.1, -0.05) is 12.1 Å². The van der Waals surface area contributed by atoms with Crippen LogP contribution in [0.5, 0.6) is 0 Å². The fourth-order valence-corrected chi connectivity index (χ4v) is 1.47. The third kappa shape index (κ3) is 3.92. The van der Waals surface area contributed by atoms with Crippen molar-refractivity contribution < 1.29 is 9.59 Å². The Morgan fingerprint density at radius 3 is 2.56 bits per heavy atom. The summed E-state index contributed by atoms with van der Waals surface area (Å²) in [6, 6.07) is 7.07. The standard InChI is InChI=1S/C12H15N3O2.ClH/c13-10-4-2-1-3-9(10)12(17)14-7-11(16)15-8-5-6-8;/h1-4,8H,5-7,13H2,(H,14,17)(H,15,16);1H. The lowest BCUT2D eigenvalue weighted by molar-refractivity contribution is -0.120. The molecule has 18 heavy (non-hydrogen) atoms. The maximum atomic E-state index is 11.7. The zero-order valence-corrected chi connectivity index (χ0v) is 10.6. The molecule has 1 aromatic rings. The number of carbonyl (C=O) groups excluding carboxylic acids is 2. The SMILES string of the molecule is Cl.Nc1ccccc1C(=O)NCC(=O)NC1CC1. The molecule has 5 nitrogen and oxygen atoms in total. The molecule has 2 rings (SSSR count). The highest BCUT2D eigenvalue weighted by Crippen LogP contribution is 2.18. The zero-order chi connectivity index (χ0) is 12.3. The number of rotatable bonds is 4. The van der Waals surface area contributed by atoms with Crippen LogP contribution in [-0.4, -0.2) is 24.4 Å². The van der Waals surface area contributed by atoms with Crippen molar-refractivity contribution in [1.82, 2.24) is 10.6 Å². The van der Waals surface area contributed by atoms with Gasteiger partial charge in [0.15, 0.2) is 0 Å². The number of nitrogens with one attached hydrogen (secondary N) is 2. The Morgan fingerprint density at radius 2 is 1.94 bits per heavy atom. The first-order valence-corrected chi connectivity index (χ1v) is 5.59. The van der Waals surface area contributed by atoms with Gasteiger partial charge >= 0.3 is 0 Å². The maximum absolute atomic E-state index is 11.7. The van der Waals surface area contributed by atoms with Crippen LogP contribution in [-0.2, 0) is 4.79 Å². The molecular weight excluding hydrogens is 254 g/mol. The lowest BCUT2D eigenvalue weighted by Crippen LogP contribution is -2.38. The largest absolute Gasteiger partial charge is 0.398 e. The van der Waals surface area contributed by atoms with Gasteiger partial charge in [-0.25, -0.2) is 0 Å². The lowest BCUT2D eigenvalue weighted by atomic mass is 10.1. The van der Waals surface area contributed by atoms with E-state index in [1.54, 1.807) is 24.3 Å². The Morgan fingerprint density at radius 1 is 1.28 bits per heavy atom. The number of carbonyl (C=O) groups is 2. The summed E-state index contributed by atoms with van der Waals surface area (Å²) in [5.74, 6) is -0.482. The zero-order valence-electron chi connectivity index (χ0n) is 9.81. The van der Waals surface area contributed by atoms with Crippen molar-refractivity contribution in [1.29, 1.82) is 0 Å². The molecular formula is C12H16ClN3O2. The summed E-state index contributed by atoms with van der Waals surface area (Å²) in [5.41, 5.74) is 6.46. The van der Waals surface area contributed by atoms with Gasteiger partial charge in [0.1, 0.15) is 0 Å². The molecule has 1 aliphatic carbocycles. The number of nitrogens with two attached hydrogens (primary N) is 1. The number of benzene rings is 1. The minimum absolute atomic E-state index is 0. The van der Waals surface area contributed by atoms with Crippen molar-refractivity contribution in [3.8, 4) is 0 Å². The van der Waals surface area contributed by atoms with E-state index < -0.39 is 0 Å². The van der Waals surface area contributed by atoms with E-state index in [1.165, 1.54) is 0 Å². The van der Waals surface area contributed by atoms with E-state index in [9.17, 15) is 9.59 Å². The predicted molar refractivity (Wildman–Crippen MR) is 71.6 cm³/mol. The number of halogens is 1. The summed E-state index contributed by atoms with van der Waals surface area (Å²) in [7, 11) is 0. The number of para-hydroxylation sites is 1. The van der Waals surface area contributed by atoms with Crippen LogP contribution in [0, 0.1) is 0 Å². The quantitative estimate of drug-likeness (QED) is 0.704. The van der Waals surface area contributed by atoms with Gasteiger partial charge in [-0.2, -0.15) is 0 Å². The molecule has 0 aliphatic heterocycles. The second-order valence-corrected chi connectivity index (χ2v) is 4.11. The second-order valence-electron chi connectivity index (χ2n) is 4.11. The highest BCUT2D eigenvalue weighted by atomic mass is 35.5. The van der Waals surface area contributed by atoms with E-state index in [1.807, 2.05) is 0 Å². The monoisotopic (exact) mass is 269 g/mol. The van der Waals surface area contributed by atoms with E-state index in [4.69, 9.17) is 5.73 Å². The first kappa shape index (κ1) is 14.3. The third-order valence-corrected chi connectivity index (χ3v) is 2.56. The van der Waals surface area contributed by atoms with Crippen LogP contribution in [0.2, 0.25) is 0 Å². The van der Waals surface area contributed by atoms with Gasteiger partial charge in [-0.15, -0.1) is 12.4 Å². The molecule has 1 aromatic carbocycles. The Labute approximate surface area is 112 Å². The molecule has 4 N–H and O–H groups in total. The fraction of sp³-hybridized carbons (Fsp3) is 0.333. The molecule has 0 heterocycles. The minimum atomic E-state index is -0.325. The molecule has 98 valence electrons. The summed E-state index contributed by atoms with van der Waals surface area (Å²) >= 11 is 0. The average Bonchev–Trinajstić information content (AvgIpc) is 3.10. The topological polar surface area (TPSA) is 84.2 Å². The molecule has 1 fully saturated rings. The van der Waals surface area contributed by atoms with Crippen molar-refractivity contribution in [3.05, 3.63) is 29.8 Å². The molecule has 0 bridgehead atoms. The van der Waals surface area contributed by atoms with Gasteiger partial charge in [0.25, 0.3) is 5.91 Å². The molecule has 0 spiro atoms. The molecule has 1 aliphatic rings. The van der Waals surface area contributed by atoms with E-state index in [-0.39, 0.29) is 30.8 Å². The highest BCUT2D eigenvalue weighted by Gasteiger charge is 2.23. The molecule has 0 aromatic heterocycles. The van der Waals surface area contributed by atoms with Crippen LogP contribution in [0.25, 0.3) is 0 Å². The van der Waals surface area contributed by atoms with Gasteiger partial charge in [-0.05, 0) is 25.0 Å². The fourth-order valence-electron chi connectivity index (χ4n) is 1.47. The number of hydrogen-bond donors (Lipinski definition) is 3.